The first-order chi connectivity index (χ1) is 14.9. The van der Waals surface area contributed by atoms with E-state index in [0.29, 0.717) is 24.6 Å². The SMILES string of the molecule is O=C(CCCC[C@@H]1SC[C@@H]2NC(=O)N[C@@H]21)NCCCCCC(=O)OC1CC(=O)NC1=O. The smallest absolute Gasteiger partial charge is 0.315 e. The molecule has 3 saturated heterocycles. The number of hydrogen-bond acceptors (Lipinski definition) is 7. The molecule has 0 aromatic heterocycles. The molecule has 4 atom stereocenters. The van der Waals surface area contributed by atoms with E-state index in [1.54, 1.807) is 0 Å². The average Bonchev–Trinajstić information content (AvgIpc) is 3.36. The molecule has 0 bridgehead atoms. The van der Waals surface area contributed by atoms with Gasteiger partial charge in [0.25, 0.3) is 5.91 Å². The molecule has 172 valence electrons. The van der Waals surface area contributed by atoms with Crippen molar-refractivity contribution >= 4 is 41.5 Å². The first-order valence-corrected chi connectivity index (χ1v) is 12.0. The number of imide groups is 1. The zero-order valence-corrected chi connectivity index (χ0v) is 18.3. The highest BCUT2D eigenvalue weighted by atomic mass is 32.2. The number of esters is 1. The maximum atomic E-state index is 11.9. The number of urea groups is 1. The minimum absolute atomic E-state index is 0.0316. The van der Waals surface area contributed by atoms with Crippen molar-refractivity contribution in [2.24, 2.45) is 0 Å². The van der Waals surface area contributed by atoms with Crippen molar-refractivity contribution < 1.29 is 28.7 Å². The molecule has 3 aliphatic heterocycles. The molecular weight excluding hydrogens is 424 g/mol. The monoisotopic (exact) mass is 454 g/mol. The lowest BCUT2D eigenvalue weighted by atomic mass is 10.0. The average molecular weight is 455 g/mol. The van der Waals surface area contributed by atoms with Gasteiger partial charge in [-0.3, -0.25) is 24.5 Å². The molecule has 0 aliphatic carbocycles. The van der Waals surface area contributed by atoms with E-state index in [0.717, 1.165) is 37.9 Å². The van der Waals surface area contributed by atoms with E-state index in [4.69, 9.17) is 4.74 Å². The topological polar surface area (TPSA) is 143 Å². The van der Waals surface area contributed by atoms with Gasteiger partial charge in [-0.2, -0.15) is 11.8 Å². The predicted molar refractivity (Wildman–Crippen MR) is 113 cm³/mol. The summed E-state index contributed by atoms with van der Waals surface area (Å²) in [5, 5.41) is 11.3. The number of fused-ring (bicyclic) bond motifs is 1. The first kappa shape index (κ1) is 23.4. The fraction of sp³-hybridized carbons (Fsp3) is 0.750. The Hall–Kier alpha value is -2.30. The molecule has 3 fully saturated rings. The van der Waals surface area contributed by atoms with E-state index in [2.05, 4.69) is 21.3 Å². The fourth-order valence-electron chi connectivity index (χ4n) is 4.00. The van der Waals surface area contributed by atoms with Crippen molar-refractivity contribution in [2.45, 2.75) is 81.2 Å². The quantitative estimate of drug-likeness (QED) is 0.144. The lowest BCUT2D eigenvalue weighted by molar-refractivity contribution is -0.154. The standard InChI is InChI=1S/C20H30N4O6S/c25-15(7-4-3-6-14-18-12(11-31-14)22-20(29)24-18)21-9-5-1-2-8-17(27)30-13-10-16(26)23-19(13)28/h12-14,18H,1-11H2,(H,21,25)(H2,22,24,29)(H,23,26,28)/t12-,13?,14-,18-/m0/s1. The van der Waals surface area contributed by atoms with E-state index in [-0.39, 0.29) is 36.9 Å². The molecular formula is C20H30N4O6S. The minimum atomic E-state index is -0.999. The molecule has 0 spiro atoms. The van der Waals surface area contributed by atoms with Crippen LogP contribution < -0.4 is 21.3 Å². The van der Waals surface area contributed by atoms with Crippen molar-refractivity contribution in [1.29, 1.82) is 0 Å². The zero-order valence-electron chi connectivity index (χ0n) is 17.4. The maximum absolute atomic E-state index is 11.9. The van der Waals surface area contributed by atoms with Crippen LogP contribution in [0.5, 0.6) is 0 Å². The number of ether oxygens (including phenoxy) is 1. The Bertz CT molecular complexity index is 718. The normalized spacial score (nSPS) is 26.8. The summed E-state index contributed by atoms with van der Waals surface area (Å²) in [5.74, 6) is -0.497. The molecule has 0 aromatic rings. The van der Waals surface area contributed by atoms with Crippen LogP contribution in [-0.4, -0.2) is 65.5 Å². The van der Waals surface area contributed by atoms with Gasteiger partial charge in [0.15, 0.2) is 6.10 Å². The zero-order chi connectivity index (χ0) is 22.2. The second kappa shape index (κ2) is 11.4. The van der Waals surface area contributed by atoms with E-state index in [1.165, 1.54) is 0 Å². The highest BCUT2D eigenvalue weighted by molar-refractivity contribution is 8.00. The van der Waals surface area contributed by atoms with E-state index in [1.807, 2.05) is 11.8 Å². The summed E-state index contributed by atoms with van der Waals surface area (Å²) in [6.07, 6.45) is 4.46. The molecule has 31 heavy (non-hydrogen) atoms. The third-order valence-electron chi connectivity index (χ3n) is 5.66. The van der Waals surface area contributed by atoms with Crippen molar-refractivity contribution in [3.63, 3.8) is 0 Å². The summed E-state index contributed by atoms with van der Waals surface area (Å²) in [5.41, 5.74) is 0. The van der Waals surface area contributed by atoms with Crippen molar-refractivity contribution in [2.75, 3.05) is 12.3 Å². The Morgan fingerprint density at radius 2 is 1.84 bits per heavy atom. The van der Waals surface area contributed by atoms with Crippen LogP contribution in [0, 0.1) is 0 Å². The Labute approximate surface area is 185 Å². The summed E-state index contributed by atoms with van der Waals surface area (Å²) < 4.78 is 4.99. The highest BCUT2D eigenvalue weighted by Crippen LogP contribution is 2.33. The number of hydrogen-bond donors (Lipinski definition) is 4. The van der Waals surface area contributed by atoms with Crippen LogP contribution in [0.2, 0.25) is 0 Å². The largest absolute Gasteiger partial charge is 0.452 e. The van der Waals surface area contributed by atoms with Gasteiger partial charge in [-0.05, 0) is 25.7 Å². The number of unbranched alkanes of at least 4 members (excludes halogenated alkanes) is 3. The van der Waals surface area contributed by atoms with Gasteiger partial charge in [0, 0.05) is 30.4 Å². The lowest BCUT2D eigenvalue weighted by Gasteiger charge is -2.16. The third-order valence-corrected chi connectivity index (χ3v) is 7.17. The van der Waals surface area contributed by atoms with Crippen LogP contribution in [-0.2, 0) is 23.9 Å². The number of thioether (sulfide) groups is 1. The van der Waals surface area contributed by atoms with Gasteiger partial charge in [0.2, 0.25) is 11.8 Å². The molecule has 11 heteroatoms. The lowest BCUT2D eigenvalue weighted by Crippen LogP contribution is -2.36. The second-order valence-electron chi connectivity index (χ2n) is 8.12. The van der Waals surface area contributed by atoms with Crippen molar-refractivity contribution in [3.05, 3.63) is 0 Å². The van der Waals surface area contributed by atoms with Gasteiger partial charge in [0.05, 0.1) is 18.5 Å². The molecule has 0 radical (unpaired) electrons. The van der Waals surface area contributed by atoms with Crippen LogP contribution in [0.4, 0.5) is 4.79 Å². The molecule has 5 amide bonds. The van der Waals surface area contributed by atoms with Crippen LogP contribution in [0.25, 0.3) is 0 Å². The first-order valence-electron chi connectivity index (χ1n) is 10.9. The number of rotatable bonds is 12. The van der Waals surface area contributed by atoms with Gasteiger partial charge >= 0.3 is 12.0 Å². The molecule has 3 heterocycles. The maximum Gasteiger partial charge on any atom is 0.315 e. The van der Waals surface area contributed by atoms with Gasteiger partial charge in [0.1, 0.15) is 0 Å². The molecule has 0 aromatic carbocycles. The Balaban J connectivity index is 1.14. The van der Waals surface area contributed by atoms with E-state index < -0.39 is 23.9 Å². The number of carbonyl (C=O) groups excluding carboxylic acids is 5. The van der Waals surface area contributed by atoms with Crippen molar-refractivity contribution in [3.8, 4) is 0 Å². The molecule has 3 rings (SSSR count). The Morgan fingerprint density at radius 1 is 1.03 bits per heavy atom. The van der Waals surface area contributed by atoms with Crippen LogP contribution in [0.1, 0.15) is 57.8 Å². The minimum Gasteiger partial charge on any atom is -0.452 e. The molecule has 3 aliphatic rings. The molecule has 10 nitrogen and oxygen atoms in total. The summed E-state index contributed by atoms with van der Waals surface area (Å²) in [6.45, 7) is 0.563. The molecule has 4 N–H and O–H groups in total. The second-order valence-corrected chi connectivity index (χ2v) is 9.40. The Kier molecular flexibility index (Phi) is 8.56. The van der Waals surface area contributed by atoms with Crippen LogP contribution >= 0.6 is 11.8 Å². The van der Waals surface area contributed by atoms with Gasteiger partial charge in [-0.1, -0.05) is 12.8 Å². The third kappa shape index (κ3) is 7.12. The van der Waals surface area contributed by atoms with Gasteiger partial charge in [-0.25, -0.2) is 4.79 Å². The predicted octanol–water partition coefficient (Wildman–Crippen LogP) is 0.347. The summed E-state index contributed by atoms with van der Waals surface area (Å²) in [6, 6.07) is 0.370. The summed E-state index contributed by atoms with van der Waals surface area (Å²) >= 11 is 1.88. The summed E-state index contributed by atoms with van der Waals surface area (Å²) in [7, 11) is 0. The van der Waals surface area contributed by atoms with Crippen molar-refractivity contribution in [1.82, 2.24) is 21.3 Å². The highest BCUT2D eigenvalue weighted by Gasteiger charge is 2.42. The van der Waals surface area contributed by atoms with Crippen LogP contribution in [0.3, 0.4) is 0 Å². The summed E-state index contributed by atoms with van der Waals surface area (Å²) in [4.78, 5) is 57.4. The number of amides is 5. The molecule has 1 unspecified atom stereocenters. The van der Waals surface area contributed by atoms with Gasteiger partial charge < -0.3 is 20.7 Å². The fourth-order valence-corrected chi connectivity index (χ4v) is 5.55. The van der Waals surface area contributed by atoms with Gasteiger partial charge in [-0.15, -0.1) is 0 Å². The number of nitrogens with one attached hydrogen (secondary N) is 4. The number of carbonyl (C=O) groups is 5. The van der Waals surface area contributed by atoms with Crippen LogP contribution in [0.15, 0.2) is 0 Å². The van der Waals surface area contributed by atoms with E-state index in [9.17, 15) is 24.0 Å². The Morgan fingerprint density at radius 3 is 2.61 bits per heavy atom. The molecule has 0 saturated carbocycles. The van der Waals surface area contributed by atoms with E-state index >= 15 is 0 Å².